The molecule has 0 aliphatic heterocycles. The summed E-state index contributed by atoms with van der Waals surface area (Å²) in [7, 11) is -2.98. The van der Waals surface area contributed by atoms with Crippen molar-refractivity contribution in [2.45, 2.75) is 0 Å². The molecule has 0 heterocycles. The van der Waals surface area contributed by atoms with Gasteiger partial charge in [-0.25, -0.2) is 0 Å². The molecule has 0 unspecified atom stereocenters. The van der Waals surface area contributed by atoms with E-state index in [4.69, 9.17) is 0 Å². The molecule has 0 saturated carbocycles. The van der Waals surface area contributed by atoms with Gasteiger partial charge in [-0.05, 0) is 87.2 Å². The molecule has 0 atom stereocenters. The lowest BCUT2D eigenvalue weighted by molar-refractivity contribution is 1.59. The molecule has 0 N–H and O–H groups in total. The maximum atomic E-state index is 2.60. The average molecular weight is 689 g/mol. The third-order valence-electron chi connectivity index (χ3n) is 11.2. The Hall–Kier alpha value is -6.54. The SMILES string of the molecule is c1ccc(-c2cc([Si](c3ccccc3)(c3ccccc3)c3ccccc3)c(-c3ccccc3)c3c2-c2ccc(-c4ccccc4)c4cccc-3c24)cc1. The zero-order valence-corrected chi connectivity index (χ0v) is 30.3. The largest absolute Gasteiger partial charge is 0.180 e. The van der Waals surface area contributed by atoms with Crippen LogP contribution in [0.25, 0.3) is 66.4 Å². The van der Waals surface area contributed by atoms with E-state index in [0.717, 1.165) is 0 Å². The molecule has 1 aliphatic carbocycles. The van der Waals surface area contributed by atoms with Gasteiger partial charge in [0.25, 0.3) is 0 Å². The van der Waals surface area contributed by atoms with Crippen molar-refractivity contribution in [1.29, 1.82) is 0 Å². The van der Waals surface area contributed by atoms with Gasteiger partial charge in [-0.15, -0.1) is 0 Å². The van der Waals surface area contributed by atoms with Crippen LogP contribution in [0.4, 0.5) is 0 Å². The highest BCUT2D eigenvalue weighted by molar-refractivity contribution is 7.20. The predicted molar refractivity (Wildman–Crippen MR) is 228 cm³/mol. The lowest BCUT2D eigenvalue weighted by atomic mass is 9.87. The first kappa shape index (κ1) is 31.2. The van der Waals surface area contributed by atoms with Gasteiger partial charge >= 0.3 is 0 Å². The molecule has 0 bridgehead atoms. The highest BCUT2D eigenvalue weighted by Crippen LogP contribution is 2.55. The minimum atomic E-state index is -2.98. The Morgan fingerprint density at radius 1 is 0.264 bits per heavy atom. The molecule has 248 valence electrons. The Morgan fingerprint density at radius 2 is 0.679 bits per heavy atom. The second-order valence-corrected chi connectivity index (χ2v) is 17.7. The first-order valence-electron chi connectivity index (χ1n) is 18.4. The maximum Gasteiger partial charge on any atom is 0.180 e. The van der Waals surface area contributed by atoms with Gasteiger partial charge in [0, 0.05) is 0 Å². The number of fused-ring (bicyclic) bond motifs is 3. The summed E-state index contributed by atoms with van der Waals surface area (Å²) in [6, 6.07) is 81.4. The molecule has 0 nitrogen and oxygen atoms in total. The van der Waals surface area contributed by atoms with Gasteiger partial charge in [-0.3, -0.25) is 0 Å². The fourth-order valence-electron chi connectivity index (χ4n) is 9.00. The summed E-state index contributed by atoms with van der Waals surface area (Å²) in [5.74, 6) is 0. The van der Waals surface area contributed by atoms with Crippen LogP contribution in [0.2, 0.25) is 0 Å². The molecule has 0 spiro atoms. The monoisotopic (exact) mass is 688 g/mol. The summed E-state index contributed by atoms with van der Waals surface area (Å²) < 4.78 is 0. The molecule has 0 fully saturated rings. The Kier molecular flexibility index (Phi) is 7.60. The summed E-state index contributed by atoms with van der Waals surface area (Å²) in [6.45, 7) is 0. The Labute approximate surface area is 312 Å². The highest BCUT2D eigenvalue weighted by atomic mass is 28.3. The van der Waals surface area contributed by atoms with Crippen molar-refractivity contribution in [3.05, 3.63) is 218 Å². The molecular formula is C52H36Si. The normalized spacial score (nSPS) is 11.8. The van der Waals surface area contributed by atoms with Gasteiger partial charge in [-0.2, -0.15) is 0 Å². The first-order chi connectivity index (χ1) is 26.3. The van der Waals surface area contributed by atoms with E-state index >= 15 is 0 Å². The molecule has 0 amide bonds. The van der Waals surface area contributed by atoms with Crippen LogP contribution in [0, 0.1) is 0 Å². The van der Waals surface area contributed by atoms with Gasteiger partial charge < -0.3 is 0 Å². The van der Waals surface area contributed by atoms with Gasteiger partial charge in [-0.1, -0.05) is 218 Å². The average Bonchev–Trinajstić information content (AvgIpc) is 3.58. The molecule has 1 aliphatic rings. The highest BCUT2D eigenvalue weighted by Gasteiger charge is 2.45. The lowest BCUT2D eigenvalue weighted by Crippen LogP contribution is -2.75. The molecule has 0 saturated heterocycles. The summed E-state index contributed by atoms with van der Waals surface area (Å²) in [6.07, 6.45) is 0. The standard InChI is InChI=1S/C52H36Si/c1-7-20-37(21-8-1)43-34-35-46-50-44(43)32-19-33-45(50)52-49(39-24-11-3-12-25-39)48(36-47(51(46)52)38-22-9-2-10-23-38)53(40-26-13-4-14-27-40,41-28-15-5-16-29-41)42-30-17-6-18-31-42/h1-36H. The number of benzene rings is 9. The smallest absolute Gasteiger partial charge is 0.0623 e. The minimum absolute atomic E-state index is 1.23. The van der Waals surface area contributed by atoms with E-state index in [0.29, 0.717) is 0 Å². The second-order valence-electron chi connectivity index (χ2n) is 13.9. The van der Waals surface area contributed by atoms with Crippen molar-refractivity contribution in [2.75, 3.05) is 0 Å². The van der Waals surface area contributed by atoms with Crippen molar-refractivity contribution in [2.24, 2.45) is 0 Å². The predicted octanol–water partition coefficient (Wildman–Crippen LogP) is 10.9. The molecule has 1 heteroatoms. The number of hydrogen-bond donors (Lipinski definition) is 0. The summed E-state index contributed by atoms with van der Waals surface area (Å²) >= 11 is 0. The quantitative estimate of drug-likeness (QED) is 0.115. The zero-order chi connectivity index (χ0) is 35.2. The Bertz CT molecular complexity index is 2630. The van der Waals surface area contributed by atoms with Crippen LogP contribution >= 0.6 is 0 Å². The van der Waals surface area contributed by atoms with E-state index in [1.54, 1.807) is 0 Å². The number of rotatable bonds is 7. The van der Waals surface area contributed by atoms with Crippen LogP contribution in [0.1, 0.15) is 0 Å². The van der Waals surface area contributed by atoms with Crippen molar-refractivity contribution in [1.82, 2.24) is 0 Å². The van der Waals surface area contributed by atoms with Gasteiger partial charge in [0.05, 0.1) is 0 Å². The minimum Gasteiger partial charge on any atom is -0.0623 e. The van der Waals surface area contributed by atoms with Crippen molar-refractivity contribution >= 4 is 39.6 Å². The lowest BCUT2D eigenvalue weighted by Gasteiger charge is -2.37. The zero-order valence-electron chi connectivity index (χ0n) is 29.3. The second kappa shape index (κ2) is 12.9. The van der Waals surface area contributed by atoms with Crippen LogP contribution in [-0.4, -0.2) is 8.07 Å². The fourth-order valence-corrected chi connectivity index (χ4v) is 14.0. The third kappa shape index (κ3) is 4.89. The van der Waals surface area contributed by atoms with E-state index in [1.165, 1.54) is 87.2 Å². The molecule has 9 aromatic carbocycles. The van der Waals surface area contributed by atoms with Crippen molar-refractivity contribution in [3.8, 4) is 55.6 Å². The fraction of sp³-hybridized carbons (Fsp3) is 0. The summed E-state index contributed by atoms with van der Waals surface area (Å²) in [4.78, 5) is 0. The molecule has 9 aromatic rings. The summed E-state index contributed by atoms with van der Waals surface area (Å²) in [5, 5.41) is 8.13. The molecule has 0 aromatic heterocycles. The van der Waals surface area contributed by atoms with E-state index in [2.05, 4.69) is 218 Å². The maximum absolute atomic E-state index is 2.98. The molecule has 0 radical (unpaired) electrons. The Morgan fingerprint density at radius 3 is 1.19 bits per heavy atom. The van der Waals surface area contributed by atoms with E-state index in [-0.39, 0.29) is 0 Å². The van der Waals surface area contributed by atoms with Crippen molar-refractivity contribution < 1.29 is 0 Å². The topological polar surface area (TPSA) is 0 Å². The van der Waals surface area contributed by atoms with E-state index in [1.807, 2.05) is 0 Å². The molecule has 10 rings (SSSR count). The van der Waals surface area contributed by atoms with Crippen LogP contribution in [0.5, 0.6) is 0 Å². The van der Waals surface area contributed by atoms with Crippen molar-refractivity contribution in [3.63, 3.8) is 0 Å². The molecule has 53 heavy (non-hydrogen) atoms. The summed E-state index contributed by atoms with van der Waals surface area (Å²) in [5.41, 5.74) is 12.8. The Balaban J connectivity index is 1.44. The van der Waals surface area contributed by atoms with E-state index < -0.39 is 8.07 Å². The third-order valence-corrected chi connectivity index (χ3v) is 16.0. The van der Waals surface area contributed by atoms with Crippen LogP contribution in [0.15, 0.2) is 218 Å². The van der Waals surface area contributed by atoms with E-state index in [9.17, 15) is 0 Å². The van der Waals surface area contributed by atoms with Gasteiger partial charge in [0.1, 0.15) is 0 Å². The van der Waals surface area contributed by atoms with Crippen LogP contribution < -0.4 is 20.7 Å². The van der Waals surface area contributed by atoms with Gasteiger partial charge in [0.15, 0.2) is 8.07 Å². The first-order valence-corrected chi connectivity index (χ1v) is 20.4. The van der Waals surface area contributed by atoms with Crippen LogP contribution in [0.3, 0.4) is 0 Å². The molecular weight excluding hydrogens is 653 g/mol. The number of hydrogen-bond acceptors (Lipinski definition) is 0. The van der Waals surface area contributed by atoms with Gasteiger partial charge in [0.2, 0.25) is 0 Å². The van der Waals surface area contributed by atoms with Crippen LogP contribution in [-0.2, 0) is 0 Å².